The van der Waals surface area contributed by atoms with Crippen LogP contribution in [-0.2, 0) is 19.3 Å². The molecule has 0 aliphatic carbocycles. The first-order valence-corrected chi connectivity index (χ1v) is 12.0. The molecule has 174 valence electrons. The molecule has 0 aliphatic rings. The van der Waals surface area contributed by atoms with Crippen molar-refractivity contribution in [3.63, 3.8) is 0 Å². The highest BCUT2D eigenvalue weighted by Crippen LogP contribution is 2.15. The normalized spacial score (nSPS) is 12.2. The molecule has 0 aromatic rings. The Labute approximate surface area is 191 Å². The van der Waals surface area contributed by atoms with Crippen LogP contribution in [-0.4, -0.2) is 41.6 Å². The summed E-state index contributed by atoms with van der Waals surface area (Å²) in [6.45, 7) is 9.82. The van der Waals surface area contributed by atoms with Gasteiger partial charge >= 0.3 is 5.97 Å². The highest BCUT2D eigenvalue weighted by molar-refractivity contribution is 5.75. The molecule has 0 saturated carbocycles. The molecular formula is C24H51AlO4. The summed E-state index contributed by atoms with van der Waals surface area (Å²) in [7, 11) is 0. The molecule has 29 heavy (non-hydrogen) atoms. The molecule has 0 bridgehead atoms. The van der Waals surface area contributed by atoms with Crippen molar-refractivity contribution in [2.45, 2.75) is 149 Å². The zero-order valence-electron chi connectivity index (χ0n) is 19.5. The molecule has 0 spiro atoms. The summed E-state index contributed by atoms with van der Waals surface area (Å²) in [6, 6.07) is 0. The Morgan fingerprint density at radius 3 is 1.45 bits per heavy atom. The largest absolute Gasteiger partial charge is 0.370 e. The van der Waals surface area contributed by atoms with Gasteiger partial charge in [0.05, 0.1) is 12.2 Å². The molecule has 0 heterocycles. The number of carbonyl (C=O) groups is 1. The molecule has 0 saturated heterocycles. The van der Waals surface area contributed by atoms with Gasteiger partial charge in [0.2, 0.25) is 0 Å². The van der Waals surface area contributed by atoms with Gasteiger partial charge in [-0.05, 0) is 34.1 Å². The highest BCUT2D eigenvalue weighted by Gasteiger charge is 2.23. The minimum absolute atomic E-state index is 0. The summed E-state index contributed by atoms with van der Waals surface area (Å²) in [6.07, 6.45) is 18.6. The summed E-state index contributed by atoms with van der Waals surface area (Å²) >= 11 is 0. The summed E-state index contributed by atoms with van der Waals surface area (Å²) in [4.78, 5) is 21.9. The molecule has 0 aliphatic heterocycles. The molecular weight excluding hydrogens is 379 g/mol. The molecule has 0 aromatic heterocycles. The van der Waals surface area contributed by atoms with Crippen LogP contribution in [0.3, 0.4) is 0 Å². The van der Waals surface area contributed by atoms with Gasteiger partial charge in [0.1, 0.15) is 0 Å². The predicted molar refractivity (Wildman–Crippen MR) is 127 cm³/mol. The predicted octanol–water partition coefficient (Wildman–Crippen LogP) is 6.35. The molecule has 0 N–H and O–H groups in total. The van der Waals surface area contributed by atoms with Crippen molar-refractivity contribution in [1.29, 1.82) is 0 Å². The third-order valence-electron chi connectivity index (χ3n) is 4.84. The van der Waals surface area contributed by atoms with Gasteiger partial charge in [-0.15, -0.1) is 0 Å². The lowest BCUT2D eigenvalue weighted by Crippen LogP contribution is -2.30. The van der Waals surface area contributed by atoms with Crippen LogP contribution in [0.5, 0.6) is 0 Å². The van der Waals surface area contributed by atoms with E-state index < -0.39 is 12.1 Å². The minimum Gasteiger partial charge on any atom is -0.364 e. The third kappa shape index (κ3) is 22.4. The molecule has 4 nitrogen and oxygen atoms in total. The standard InChI is InChI=1S/C24H48O4.Al.3H/c1-6-7-8-9-10-11-12-13-14-15-16-17-18-19-20-23(26-21(2)3)24(25)28-27-22(4)5;;;;/h21-23H,6-20H2,1-5H3;;;;. The van der Waals surface area contributed by atoms with E-state index in [9.17, 15) is 4.79 Å². The van der Waals surface area contributed by atoms with Gasteiger partial charge in [-0.3, -0.25) is 4.89 Å². The Bertz CT molecular complexity index is 348. The third-order valence-corrected chi connectivity index (χ3v) is 4.84. The summed E-state index contributed by atoms with van der Waals surface area (Å²) in [5.74, 6) is -0.405. The van der Waals surface area contributed by atoms with Gasteiger partial charge in [0.15, 0.2) is 23.5 Å². The van der Waals surface area contributed by atoms with E-state index in [1.165, 1.54) is 77.0 Å². The molecule has 1 unspecified atom stereocenters. The van der Waals surface area contributed by atoms with Crippen molar-refractivity contribution in [1.82, 2.24) is 0 Å². The molecule has 0 fully saturated rings. The fraction of sp³-hybridized carbons (Fsp3) is 0.958. The molecule has 0 aromatic carbocycles. The first kappa shape index (κ1) is 31.1. The number of unbranched alkanes of at least 4 members (excludes halogenated alkanes) is 13. The smallest absolute Gasteiger partial charge is 0.364 e. The zero-order valence-corrected chi connectivity index (χ0v) is 19.5. The number of rotatable bonds is 20. The minimum atomic E-state index is -0.518. The van der Waals surface area contributed by atoms with Crippen LogP contribution < -0.4 is 0 Å². The maximum absolute atomic E-state index is 12.1. The van der Waals surface area contributed by atoms with Crippen LogP contribution in [0.2, 0.25) is 0 Å². The number of hydrogen-bond acceptors (Lipinski definition) is 4. The second-order valence-electron chi connectivity index (χ2n) is 8.61. The quantitative estimate of drug-likeness (QED) is 0.0977. The molecule has 0 rings (SSSR count). The van der Waals surface area contributed by atoms with Gasteiger partial charge in [0, 0.05) is 0 Å². The lowest BCUT2D eigenvalue weighted by atomic mass is 10.0. The van der Waals surface area contributed by atoms with Crippen LogP contribution in [0, 0.1) is 0 Å². The van der Waals surface area contributed by atoms with Gasteiger partial charge < -0.3 is 4.74 Å². The Morgan fingerprint density at radius 2 is 1.07 bits per heavy atom. The molecule has 1 atom stereocenters. The van der Waals surface area contributed by atoms with E-state index in [-0.39, 0.29) is 29.6 Å². The SMILES string of the molecule is CCCCCCCCCCCCCCCCC(OC(C)C)C(=O)OOC(C)C.[AlH3]. The van der Waals surface area contributed by atoms with Crippen LogP contribution in [0.25, 0.3) is 0 Å². The fourth-order valence-corrected chi connectivity index (χ4v) is 3.29. The van der Waals surface area contributed by atoms with Crippen molar-refractivity contribution in [2.75, 3.05) is 0 Å². The number of ether oxygens (including phenoxy) is 1. The van der Waals surface area contributed by atoms with E-state index in [1.807, 2.05) is 27.7 Å². The average molecular weight is 431 g/mol. The first-order chi connectivity index (χ1) is 13.5. The van der Waals surface area contributed by atoms with E-state index in [1.54, 1.807) is 0 Å². The fourth-order valence-electron chi connectivity index (χ4n) is 3.29. The van der Waals surface area contributed by atoms with Crippen molar-refractivity contribution >= 4 is 23.3 Å². The first-order valence-electron chi connectivity index (χ1n) is 12.0. The second kappa shape index (κ2) is 22.6. The van der Waals surface area contributed by atoms with E-state index in [0.29, 0.717) is 6.42 Å². The van der Waals surface area contributed by atoms with Crippen LogP contribution in [0.4, 0.5) is 0 Å². The monoisotopic (exact) mass is 430 g/mol. The average Bonchev–Trinajstić information content (AvgIpc) is 2.65. The lowest BCUT2D eigenvalue weighted by molar-refractivity contribution is -0.298. The molecule has 5 heteroatoms. The van der Waals surface area contributed by atoms with E-state index >= 15 is 0 Å². The maximum Gasteiger partial charge on any atom is 0.370 e. The Morgan fingerprint density at radius 1 is 0.655 bits per heavy atom. The van der Waals surface area contributed by atoms with E-state index in [4.69, 9.17) is 14.5 Å². The Balaban J connectivity index is 0. The van der Waals surface area contributed by atoms with Gasteiger partial charge in [-0.2, -0.15) is 4.89 Å². The Kier molecular flexibility index (Phi) is 24.2. The van der Waals surface area contributed by atoms with Crippen molar-refractivity contribution in [2.24, 2.45) is 0 Å². The summed E-state index contributed by atoms with van der Waals surface area (Å²) in [5, 5.41) is 0. The summed E-state index contributed by atoms with van der Waals surface area (Å²) < 4.78 is 5.70. The molecule has 0 amide bonds. The van der Waals surface area contributed by atoms with Gasteiger partial charge in [-0.25, -0.2) is 4.79 Å². The second-order valence-corrected chi connectivity index (χ2v) is 8.61. The number of hydrogen-bond donors (Lipinski definition) is 0. The molecule has 0 radical (unpaired) electrons. The van der Waals surface area contributed by atoms with Crippen LogP contribution >= 0.6 is 0 Å². The van der Waals surface area contributed by atoms with Crippen molar-refractivity contribution < 1.29 is 19.3 Å². The number of carbonyl (C=O) groups excluding carboxylic acids is 1. The Hall–Kier alpha value is -0.0775. The van der Waals surface area contributed by atoms with E-state index in [0.717, 1.165) is 12.8 Å². The topological polar surface area (TPSA) is 44.8 Å². The lowest BCUT2D eigenvalue weighted by Gasteiger charge is -2.18. The van der Waals surface area contributed by atoms with Crippen LogP contribution in [0.1, 0.15) is 131 Å². The van der Waals surface area contributed by atoms with Crippen molar-refractivity contribution in [3.8, 4) is 0 Å². The van der Waals surface area contributed by atoms with Crippen molar-refractivity contribution in [3.05, 3.63) is 0 Å². The van der Waals surface area contributed by atoms with E-state index in [2.05, 4.69) is 6.92 Å². The van der Waals surface area contributed by atoms with Crippen LogP contribution in [0.15, 0.2) is 0 Å². The zero-order chi connectivity index (χ0) is 21.0. The van der Waals surface area contributed by atoms with Gasteiger partial charge in [0.25, 0.3) is 0 Å². The summed E-state index contributed by atoms with van der Waals surface area (Å²) in [5.41, 5.74) is 0. The van der Waals surface area contributed by atoms with Gasteiger partial charge in [-0.1, -0.05) is 96.8 Å². The highest BCUT2D eigenvalue weighted by atomic mass is 27.0. The maximum atomic E-state index is 12.1.